The lowest BCUT2D eigenvalue weighted by atomic mass is 10.1. The Bertz CT molecular complexity index is 566. The summed E-state index contributed by atoms with van der Waals surface area (Å²) in [4.78, 5) is 11.8. The molecular formula is C16H15ClINO. The molecule has 0 spiro atoms. The summed E-state index contributed by atoms with van der Waals surface area (Å²) in [5, 5.41) is 3.64. The number of anilines is 1. The first kappa shape index (κ1) is 15.3. The topological polar surface area (TPSA) is 29.1 Å². The van der Waals surface area contributed by atoms with E-state index >= 15 is 0 Å². The summed E-state index contributed by atoms with van der Waals surface area (Å²) in [5.74, 6) is 0.0557. The van der Waals surface area contributed by atoms with Gasteiger partial charge in [-0.25, -0.2) is 0 Å². The van der Waals surface area contributed by atoms with E-state index in [9.17, 15) is 4.79 Å². The van der Waals surface area contributed by atoms with E-state index in [0.29, 0.717) is 6.42 Å². The van der Waals surface area contributed by atoms with Gasteiger partial charge in [0.25, 0.3) is 0 Å². The molecule has 0 bridgehead atoms. The van der Waals surface area contributed by atoms with Crippen LogP contribution in [0.3, 0.4) is 0 Å². The highest BCUT2D eigenvalue weighted by Gasteiger charge is 2.03. The van der Waals surface area contributed by atoms with Crippen molar-refractivity contribution < 1.29 is 4.79 Å². The zero-order valence-corrected chi connectivity index (χ0v) is 13.8. The Hall–Kier alpha value is -1.07. The van der Waals surface area contributed by atoms with Crippen molar-refractivity contribution in [1.29, 1.82) is 0 Å². The first-order chi connectivity index (χ1) is 9.63. The summed E-state index contributed by atoms with van der Waals surface area (Å²) in [6.07, 6.45) is 2.24. The second kappa shape index (κ2) is 7.64. The van der Waals surface area contributed by atoms with Gasteiger partial charge in [-0.2, -0.15) is 0 Å². The molecule has 0 saturated carbocycles. The molecule has 1 N–H and O–H groups in total. The predicted octanol–water partition coefficient (Wildman–Crippen LogP) is 4.91. The largest absolute Gasteiger partial charge is 0.326 e. The molecule has 0 aliphatic carbocycles. The molecule has 0 fully saturated rings. The molecule has 0 saturated heterocycles. The molecule has 20 heavy (non-hydrogen) atoms. The van der Waals surface area contributed by atoms with Crippen LogP contribution in [0.15, 0.2) is 48.5 Å². The molecule has 0 heterocycles. The summed E-state index contributed by atoms with van der Waals surface area (Å²) in [6.45, 7) is 0. The molecule has 2 aromatic carbocycles. The van der Waals surface area contributed by atoms with Crippen molar-refractivity contribution in [3.63, 3.8) is 0 Å². The van der Waals surface area contributed by atoms with Crippen molar-refractivity contribution in [3.8, 4) is 0 Å². The summed E-state index contributed by atoms with van der Waals surface area (Å²) in [5.41, 5.74) is 2.05. The van der Waals surface area contributed by atoms with E-state index in [1.807, 2.05) is 48.5 Å². The number of hydrogen-bond donors (Lipinski definition) is 1. The highest BCUT2D eigenvalue weighted by atomic mass is 127. The van der Waals surface area contributed by atoms with Crippen LogP contribution in [-0.2, 0) is 11.2 Å². The Morgan fingerprint density at radius 1 is 1.05 bits per heavy atom. The van der Waals surface area contributed by atoms with Gasteiger partial charge in [0.05, 0.1) is 0 Å². The summed E-state index contributed by atoms with van der Waals surface area (Å²) in [7, 11) is 0. The molecule has 0 atom stereocenters. The summed E-state index contributed by atoms with van der Waals surface area (Å²) in [6, 6.07) is 15.5. The molecule has 4 heteroatoms. The monoisotopic (exact) mass is 399 g/mol. The summed E-state index contributed by atoms with van der Waals surface area (Å²) >= 11 is 8.07. The van der Waals surface area contributed by atoms with Gasteiger partial charge in [0.2, 0.25) is 5.91 Å². The molecule has 0 aliphatic heterocycles. The van der Waals surface area contributed by atoms with Crippen LogP contribution in [0.1, 0.15) is 18.4 Å². The predicted molar refractivity (Wildman–Crippen MR) is 92.2 cm³/mol. The number of rotatable bonds is 5. The van der Waals surface area contributed by atoms with Crippen LogP contribution in [0.25, 0.3) is 0 Å². The van der Waals surface area contributed by atoms with Crippen molar-refractivity contribution >= 4 is 45.8 Å². The van der Waals surface area contributed by atoms with Gasteiger partial charge in [0, 0.05) is 20.7 Å². The average Bonchev–Trinajstić information content (AvgIpc) is 2.44. The van der Waals surface area contributed by atoms with E-state index in [2.05, 4.69) is 27.9 Å². The van der Waals surface area contributed by atoms with E-state index in [0.717, 1.165) is 27.1 Å². The minimum absolute atomic E-state index is 0.0557. The maximum absolute atomic E-state index is 11.8. The molecule has 0 aliphatic rings. The van der Waals surface area contributed by atoms with Crippen molar-refractivity contribution in [2.45, 2.75) is 19.3 Å². The Morgan fingerprint density at radius 3 is 2.35 bits per heavy atom. The number of carbonyl (C=O) groups excluding carboxylic acids is 1. The third-order valence-electron chi connectivity index (χ3n) is 2.91. The van der Waals surface area contributed by atoms with E-state index < -0.39 is 0 Å². The average molecular weight is 400 g/mol. The molecule has 2 rings (SSSR count). The quantitative estimate of drug-likeness (QED) is 0.712. The van der Waals surface area contributed by atoms with E-state index in [-0.39, 0.29) is 5.91 Å². The number of amides is 1. The van der Waals surface area contributed by atoms with Crippen molar-refractivity contribution in [2.24, 2.45) is 0 Å². The van der Waals surface area contributed by atoms with Gasteiger partial charge >= 0.3 is 0 Å². The molecule has 0 aromatic heterocycles. The number of halogens is 2. The van der Waals surface area contributed by atoms with Crippen LogP contribution in [0.2, 0.25) is 5.02 Å². The first-order valence-corrected chi connectivity index (χ1v) is 7.89. The highest BCUT2D eigenvalue weighted by molar-refractivity contribution is 14.1. The molecule has 104 valence electrons. The lowest BCUT2D eigenvalue weighted by Gasteiger charge is -2.05. The van der Waals surface area contributed by atoms with Gasteiger partial charge in [0.1, 0.15) is 0 Å². The van der Waals surface area contributed by atoms with Crippen LogP contribution in [0.4, 0.5) is 5.69 Å². The number of hydrogen-bond acceptors (Lipinski definition) is 1. The normalized spacial score (nSPS) is 10.3. The van der Waals surface area contributed by atoms with Crippen LogP contribution in [0, 0.1) is 3.57 Å². The van der Waals surface area contributed by atoms with Gasteiger partial charge in [-0.1, -0.05) is 23.7 Å². The van der Waals surface area contributed by atoms with Crippen molar-refractivity contribution in [3.05, 3.63) is 62.7 Å². The van der Waals surface area contributed by atoms with E-state index in [1.54, 1.807) is 0 Å². The van der Waals surface area contributed by atoms with Crippen molar-refractivity contribution in [1.82, 2.24) is 0 Å². The Morgan fingerprint density at radius 2 is 1.70 bits per heavy atom. The fourth-order valence-corrected chi connectivity index (χ4v) is 2.35. The third kappa shape index (κ3) is 5.13. The van der Waals surface area contributed by atoms with Gasteiger partial charge in [0.15, 0.2) is 0 Å². The number of nitrogens with one attached hydrogen (secondary N) is 1. The fourth-order valence-electron chi connectivity index (χ4n) is 1.86. The molecule has 1 amide bonds. The maximum Gasteiger partial charge on any atom is 0.224 e. The van der Waals surface area contributed by atoms with Crippen LogP contribution < -0.4 is 5.32 Å². The van der Waals surface area contributed by atoms with Gasteiger partial charge < -0.3 is 5.32 Å². The zero-order valence-electron chi connectivity index (χ0n) is 10.9. The second-order valence-electron chi connectivity index (χ2n) is 4.54. The highest BCUT2D eigenvalue weighted by Crippen LogP contribution is 2.13. The van der Waals surface area contributed by atoms with Gasteiger partial charge in [-0.3, -0.25) is 4.79 Å². The first-order valence-electron chi connectivity index (χ1n) is 6.43. The summed E-state index contributed by atoms with van der Waals surface area (Å²) < 4.78 is 1.16. The smallest absolute Gasteiger partial charge is 0.224 e. The minimum Gasteiger partial charge on any atom is -0.326 e. The van der Waals surface area contributed by atoms with Gasteiger partial charge in [-0.15, -0.1) is 0 Å². The minimum atomic E-state index is 0.0557. The molecule has 0 radical (unpaired) electrons. The fraction of sp³-hybridized carbons (Fsp3) is 0.188. The standard InChI is InChI=1S/C16H15ClINO/c17-13-6-4-12(5-7-13)2-1-3-16(20)19-15-10-8-14(18)9-11-15/h4-11H,1-3H2,(H,19,20). The Labute approximate surface area is 137 Å². The van der Waals surface area contributed by atoms with Crippen LogP contribution >= 0.6 is 34.2 Å². The number of aryl methyl sites for hydroxylation is 1. The third-order valence-corrected chi connectivity index (χ3v) is 3.88. The Balaban J connectivity index is 1.75. The van der Waals surface area contributed by atoms with E-state index in [1.165, 1.54) is 5.56 Å². The molecule has 0 unspecified atom stereocenters. The lowest BCUT2D eigenvalue weighted by molar-refractivity contribution is -0.116. The number of benzene rings is 2. The molecule has 2 aromatic rings. The van der Waals surface area contributed by atoms with Crippen LogP contribution in [-0.4, -0.2) is 5.91 Å². The number of carbonyl (C=O) groups is 1. The van der Waals surface area contributed by atoms with Crippen molar-refractivity contribution in [2.75, 3.05) is 5.32 Å². The maximum atomic E-state index is 11.8. The SMILES string of the molecule is O=C(CCCc1ccc(Cl)cc1)Nc1ccc(I)cc1. The lowest BCUT2D eigenvalue weighted by Crippen LogP contribution is -2.11. The van der Waals surface area contributed by atoms with E-state index in [4.69, 9.17) is 11.6 Å². The Kier molecular flexibility index (Phi) is 5.86. The molecule has 2 nitrogen and oxygen atoms in total. The second-order valence-corrected chi connectivity index (χ2v) is 6.22. The van der Waals surface area contributed by atoms with Crippen LogP contribution in [0.5, 0.6) is 0 Å². The zero-order chi connectivity index (χ0) is 14.4. The molecular weight excluding hydrogens is 385 g/mol. The van der Waals surface area contributed by atoms with Gasteiger partial charge in [-0.05, 0) is 77.4 Å².